The quantitative estimate of drug-likeness (QED) is 0.639. The van der Waals surface area contributed by atoms with E-state index in [4.69, 9.17) is 0 Å². The van der Waals surface area contributed by atoms with Crippen molar-refractivity contribution in [1.82, 2.24) is 15.0 Å². The first-order valence-electron chi connectivity index (χ1n) is 5.68. The summed E-state index contributed by atoms with van der Waals surface area (Å²) in [6.07, 6.45) is 3.19. The van der Waals surface area contributed by atoms with Gasteiger partial charge in [-0.15, -0.1) is 0 Å². The number of pyridine rings is 1. The van der Waals surface area contributed by atoms with Gasteiger partial charge in [-0.1, -0.05) is 0 Å². The second kappa shape index (κ2) is 4.66. The molecule has 0 N–H and O–H groups in total. The first kappa shape index (κ1) is 12.2. The second-order valence-corrected chi connectivity index (χ2v) is 4.93. The largest absolute Gasteiger partial charge is 0.255 e. The maximum Gasteiger partial charge on any atom is 0.123 e. The summed E-state index contributed by atoms with van der Waals surface area (Å²) in [6, 6.07) is 6.48. The molecule has 0 aliphatic rings. The molecule has 0 radical (unpaired) electrons. The van der Waals surface area contributed by atoms with Gasteiger partial charge in [-0.25, -0.2) is 14.4 Å². The second-order valence-electron chi connectivity index (χ2n) is 4.18. The van der Waals surface area contributed by atoms with Crippen molar-refractivity contribution in [1.29, 1.82) is 0 Å². The van der Waals surface area contributed by atoms with E-state index in [1.807, 2.05) is 13.0 Å². The summed E-state index contributed by atoms with van der Waals surface area (Å²) in [4.78, 5) is 12.7. The topological polar surface area (TPSA) is 38.7 Å². The number of nitrogens with zero attached hydrogens (tertiary/aromatic N) is 3. The first-order valence-corrected chi connectivity index (χ1v) is 6.48. The molecule has 2 aromatic heterocycles. The number of aryl methyl sites for hydroxylation is 1. The fourth-order valence-electron chi connectivity index (χ4n) is 2.07. The van der Waals surface area contributed by atoms with E-state index in [1.54, 1.807) is 12.3 Å². The predicted molar refractivity (Wildman–Crippen MR) is 75.2 cm³/mol. The average Bonchev–Trinajstić information content (AvgIpc) is 2.38. The van der Waals surface area contributed by atoms with Gasteiger partial charge >= 0.3 is 0 Å². The lowest BCUT2D eigenvalue weighted by Crippen LogP contribution is -1.93. The zero-order chi connectivity index (χ0) is 13.4. The van der Waals surface area contributed by atoms with Crippen molar-refractivity contribution < 1.29 is 4.39 Å². The molecule has 3 aromatic rings. The molecule has 0 amide bonds. The first-order chi connectivity index (χ1) is 9.16. The van der Waals surface area contributed by atoms with Gasteiger partial charge in [-0.2, -0.15) is 0 Å². The summed E-state index contributed by atoms with van der Waals surface area (Å²) < 4.78 is 13.9. The summed E-state index contributed by atoms with van der Waals surface area (Å²) in [5.74, 6) is -0.253. The van der Waals surface area contributed by atoms with Crippen LogP contribution in [0.3, 0.4) is 0 Å². The molecule has 1 aromatic carbocycles. The Kier molecular flexibility index (Phi) is 2.98. The molecule has 0 saturated carbocycles. The predicted octanol–water partition coefficient (Wildman–Crippen LogP) is 3.90. The van der Waals surface area contributed by atoms with Gasteiger partial charge in [0.05, 0.1) is 16.6 Å². The fraction of sp³-hybridized carbons (Fsp3) is 0.0714. The molecule has 0 fully saturated rings. The Bertz CT molecular complexity index is 768. The molecule has 5 heteroatoms. The van der Waals surface area contributed by atoms with Crippen LogP contribution in [0, 0.1) is 12.7 Å². The molecule has 0 spiro atoms. The van der Waals surface area contributed by atoms with E-state index in [2.05, 4.69) is 30.9 Å². The maximum atomic E-state index is 13.2. The highest BCUT2D eigenvalue weighted by molar-refractivity contribution is 9.10. The summed E-state index contributed by atoms with van der Waals surface area (Å²) in [7, 11) is 0. The Labute approximate surface area is 117 Å². The van der Waals surface area contributed by atoms with Crippen LogP contribution in [-0.2, 0) is 0 Å². The van der Waals surface area contributed by atoms with Crippen LogP contribution in [0.4, 0.5) is 4.39 Å². The number of rotatable bonds is 1. The summed E-state index contributed by atoms with van der Waals surface area (Å²) in [5.41, 5.74) is 3.26. The lowest BCUT2D eigenvalue weighted by atomic mass is 10.0. The smallest absolute Gasteiger partial charge is 0.123 e. The number of benzene rings is 1. The zero-order valence-corrected chi connectivity index (χ0v) is 11.6. The average molecular weight is 318 g/mol. The Morgan fingerprint density at radius 1 is 1.11 bits per heavy atom. The monoisotopic (exact) mass is 317 g/mol. The van der Waals surface area contributed by atoms with E-state index >= 15 is 0 Å². The summed E-state index contributed by atoms with van der Waals surface area (Å²) >= 11 is 3.42. The number of hydrogen-bond donors (Lipinski definition) is 0. The van der Waals surface area contributed by atoms with E-state index in [9.17, 15) is 4.39 Å². The van der Waals surface area contributed by atoms with E-state index < -0.39 is 0 Å². The third-order valence-electron chi connectivity index (χ3n) is 2.95. The molecule has 0 saturated heterocycles. The normalized spacial score (nSPS) is 10.9. The standard InChI is InChI=1S/C14H9BrFN3/c1-8-6-9(16)2-3-10(8)13-12-11(4-5-17-13)18-7-19-14(12)15/h2-7H,1H3. The Morgan fingerprint density at radius 3 is 2.74 bits per heavy atom. The fourth-order valence-corrected chi connectivity index (χ4v) is 2.55. The van der Waals surface area contributed by atoms with Gasteiger partial charge in [0.2, 0.25) is 0 Å². The molecule has 0 unspecified atom stereocenters. The summed E-state index contributed by atoms with van der Waals surface area (Å²) in [5, 5.41) is 0.833. The minimum absolute atomic E-state index is 0.253. The molecule has 0 aliphatic carbocycles. The molecule has 2 heterocycles. The van der Waals surface area contributed by atoms with Crippen molar-refractivity contribution >= 4 is 26.8 Å². The molecule has 3 nitrogen and oxygen atoms in total. The zero-order valence-electron chi connectivity index (χ0n) is 10.1. The van der Waals surface area contributed by atoms with Crippen LogP contribution in [0.1, 0.15) is 5.56 Å². The SMILES string of the molecule is Cc1cc(F)ccc1-c1nccc2ncnc(Br)c12. The van der Waals surface area contributed by atoms with Crippen LogP contribution in [-0.4, -0.2) is 15.0 Å². The number of fused-ring (bicyclic) bond motifs is 1. The molecule has 94 valence electrons. The van der Waals surface area contributed by atoms with Crippen molar-refractivity contribution in [2.45, 2.75) is 6.92 Å². The van der Waals surface area contributed by atoms with Crippen molar-refractivity contribution in [3.05, 3.63) is 52.8 Å². The van der Waals surface area contributed by atoms with Gasteiger partial charge in [-0.3, -0.25) is 4.98 Å². The molecule has 0 atom stereocenters. The number of hydrogen-bond acceptors (Lipinski definition) is 3. The van der Waals surface area contributed by atoms with E-state index in [1.165, 1.54) is 18.5 Å². The molecule has 0 aliphatic heterocycles. The van der Waals surface area contributed by atoms with Crippen LogP contribution in [0.2, 0.25) is 0 Å². The third kappa shape index (κ3) is 2.10. The minimum atomic E-state index is -0.253. The van der Waals surface area contributed by atoms with Crippen molar-refractivity contribution in [3.63, 3.8) is 0 Å². The van der Waals surface area contributed by atoms with Gasteiger partial charge in [-0.05, 0) is 52.7 Å². The lowest BCUT2D eigenvalue weighted by Gasteiger charge is -2.09. The van der Waals surface area contributed by atoms with Gasteiger partial charge in [0.25, 0.3) is 0 Å². The van der Waals surface area contributed by atoms with Crippen LogP contribution < -0.4 is 0 Å². The number of halogens is 2. The Morgan fingerprint density at radius 2 is 1.95 bits per heavy atom. The lowest BCUT2D eigenvalue weighted by molar-refractivity contribution is 0.627. The van der Waals surface area contributed by atoms with Gasteiger partial charge in [0.15, 0.2) is 0 Å². The van der Waals surface area contributed by atoms with E-state index in [0.717, 1.165) is 27.7 Å². The van der Waals surface area contributed by atoms with Gasteiger partial charge < -0.3 is 0 Å². The summed E-state index contributed by atoms with van der Waals surface area (Å²) in [6.45, 7) is 1.86. The van der Waals surface area contributed by atoms with Gasteiger partial charge in [0.1, 0.15) is 16.7 Å². The highest BCUT2D eigenvalue weighted by Crippen LogP contribution is 2.31. The highest BCUT2D eigenvalue weighted by Gasteiger charge is 2.12. The van der Waals surface area contributed by atoms with Crippen LogP contribution >= 0.6 is 15.9 Å². The van der Waals surface area contributed by atoms with Crippen molar-refractivity contribution in [2.24, 2.45) is 0 Å². The molecule has 19 heavy (non-hydrogen) atoms. The maximum absolute atomic E-state index is 13.2. The van der Waals surface area contributed by atoms with Crippen molar-refractivity contribution in [3.8, 4) is 11.3 Å². The minimum Gasteiger partial charge on any atom is -0.255 e. The highest BCUT2D eigenvalue weighted by atomic mass is 79.9. The molecule has 3 rings (SSSR count). The Hall–Kier alpha value is -1.88. The van der Waals surface area contributed by atoms with Crippen LogP contribution in [0.15, 0.2) is 41.4 Å². The Balaban J connectivity index is 2.37. The molecule has 0 bridgehead atoms. The molecular weight excluding hydrogens is 309 g/mol. The van der Waals surface area contributed by atoms with Crippen LogP contribution in [0.25, 0.3) is 22.2 Å². The third-order valence-corrected chi connectivity index (χ3v) is 3.55. The van der Waals surface area contributed by atoms with Gasteiger partial charge in [0, 0.05) is 11.8 Å². The van der Waals surface area contributed by atoms with E-state index in [-0.39, 0.29) is 5.82 Å². The van der Waals surface area contributed by atoms with E-state index in [0.29, 0.717) is 4.60 Å². The van der Waals surface area contributed by atoms with Crippen LogP contribution in [0.5, 0.6) is 0 Å². The molecular formula is C14H9BrFN3. The van der Waals surface area contributed by atoms with Crippen molar-refractivity contribution in [2.75, 3.05) is 0 Å². The number of aromatic nitrogens is 3.